The van der Waals surface area contributed by atoms with Crippen LogP contribution in [0.1, 0.15) is 19.3 Å². The van der Waals surface area contributed by atoms with Gasteiger partial charge in [-0.2, -0.15) is 11.8 Å². The van der Waals surface area contributed by atoms with E-state index in [-0.39, 0.29) is 0 Å². The van der Waals surface area contributed by atoms with E-state index in [4.69, 9.17) is 10.5 Å². The summed E-state index contributed by atoms with van der Waals surface area (Å²) < 4.78 is 5.31. The zero-order chi connectivity index (χ0) is 10.9. The maximum atomic E-state index is 5.57. The summed E-state index contributed by atoms with van der Waals surface area (Å²) in [6.45, 7) is 4.09. The molecule has 1 saturated heterocycles. The normalized spacial score (nSPS) is 21.2. The second kappa shape index (κ2) is 8.39. The number of nitrogens with zero attached hydrogens (tertiary/aromatic N) is 1. The average Bonchev–Trinajstić information content (AvgIpc) is 2.52. The first-order valence-electron chi connectivity index (χ1n) is 5.89. The third-order valence-electron chi connectivity index (χ3n) is 2.87. The molecular weight excluding hydrogens is 208 g/mol. The molecule has 1 rings (SSSR count). The Morgan fingerprint density at radius 2 is 2.27 bits per heavy atom. The molecular formula is C11H24N2OS. The van der Waals surface area contributed by atoms with Gasteiger partial charge < -0.3 is 10.5 Å². The second-order valence-electron chi connectivity index (χ2n) is 4.04. The number of ether oxygens (including phenoxy) is 1. The summed E-state index contributed by atoms with van der Waals surface area (Å²) in [5.41, 5.74) is 5.57. The maximum absolute atomic E-state index is 5.57. The van der Waals surface area contributed by atoms with Crippen molar-refractivity contribution in [2.75, 3.05) is 44.9 Å². The first-order valence-corrected chi connectivity index (χ1v) is 7.04. The monoisotopic (exact) mass is 232 g/mol. The molecule has 1 heterocycles. The van der Waals surface area contributed by atoms with Crippen LogP contribution in [0.15, 0.2) is 0 Å². The summed E-state index contributed by atoms with van der Waals surface area (Å²) in [5.74, 6) is 2.58. The number of thioether (sulfide) groups is 1. The fourth-order valence-electron chi connectivity index (χ4n) is 2.05. The Balaban J connectivity index is 2.36. The van der Waals surface area contributed by atoms with Gasteiger partial charge in [0.2, 0.25) is 0 Å². The van der Waals surface area contributed by atoms with Crippen molar-refractivity contribution in [3.63, 3.8) is 0 Å². The second-order valence-corrected chi connectivity index (χ2v) is 5.27. The summed E-state index contributed by atoms with van der Waals surface area (Å²) in [6, 6.07) is 0.581. The minimum absolute atomic E-state index is 0.581. The number of methoxy groups -OCH3 is 1. The third kappa shape index (κ3) is 5.20. The lowest BCUT2D eigenvalue weighted by Crippen LogP contribution is -2.40. The quantitative estimate of drug-likeness (QED) is 0.746. The van der Waals surface area contributed by atoms with E-state index in [2.05, 4.69) is 16.7 Å². The van der Waals surface area contributed by atoms with Crippen molar-refractivity contribution in [1.82, 2.24) is 4.90 Å². The molecule has 1 unspecified atom stereocenters. The molecule has 0 aliphatic carbocycles. The van der Waals surface area contributed by atoms with Gasteiger partial charge >= 0.3 is 0 Å². The summed E-state index contributed by atoms with van der Waals surface area (Å²) >= 11 is 2.07. The van der Waals surface area contributed by atoms with Crippen LogP contribution in [0.2, 0.25) is 0 Å². The summed E-state index contributed by atoms with van der Waals surface area (Å²) in [5, 5.41) is 0. The average molecular weight is 232 g/mol. The smallest absolute Gasteiger partial charge is 0.0618 e. The summed E-state index contributed by atoms with van der Waals surface area (Å²) in [4.78, 5) is 2.58. The minimum atomic E-state index is 0.581. The standard InChI is InChI=1S/C11H24N2OS/c1-14-10-11(4-2-5-12)13-6-3-8-15-9-7-13/h11H,2-10,12H2,1H3. The number of hydrogen-bond donors (Lipinski definition) is 1. The summed E-state index contributed by atoms with van der Waals surface area (Å²) in [6.07, 6.45) is 3.60. The molecule has 90 valence electrons. The van der Waals surface area contributed by atoms with Gasteiger partial charge in [-0.25, -0.2) is 0 Å². The number of nitrogens with two attached hydrogens (primary N) is 1. The van der Waals surface area contributed by atoms with E-state index in [9.17, 15) is 0 Å². The molecule has 0 saturated carbocycles. The molecule has 0 aromatic rings. The Morgan fingerprint density at radius 3 is 3.00 bits per heavy atom. The van der Waals surface area contributed by atoms with Crippen LogP contribution in [-0.2, 0) is 4.74 Å². The predicted molar refractivity (Wildman–Crippen MR) is 67.5 cm³/mol. The third-order valence-corrected chi connectivity index (χ3v) is 3.92. The minimum Gasteiger partial charge on any atom is -0.383 e. The topological polar surface area (TPSA) is 38.5 Å². The molecule has 4 heteroatoms. The van der Waals surface area contributed by atoms with E-state index in [1.807, 2.05) is 0 Å². The molecule has 0 aromatic carbocycles. The summed E-state index contributed by atoms with van der Waals surface area (Å²) in [7, 11) is 1.79. The van der Waals surface area contributed by atoms with Crippen molar-refractivity contribution < 1.29 is 4.74 Å². The Labute approximate surface area is 97.7 Å². The Hall–Kier alpha value is 0.230. The zero-order valence-electron chi connectivity index (χ0n) is 9.78. The van der Waals surface area contributed by atoms with E-state index in [0.717, 1.165) is 19.6 Å². The van der Waals surface area contributed by atoms with Crippen LogP contribution >= 0.6 is 11.8 Å². The van der Waals surface area contributed by atoms with Crippen LogP contribution < -0.4 is 5.73 Å². The van der Waals surface area contributed by atoms with E-state index in [1.54, 1.807) is 7.11 Å². The van der Waals surface area contributed by atoms with Gasteiger partial charge in [-0.15, -0.1) is 0 Å². The van der Waals surface area contributed by atoms with E-state index in [0.29, 0.717) is 6.04 Å². The van der Waals surface area contributed by atoms with Gasteiger partial charge in [-0.05, 0) is 38.1 Å². The van der Waals surface area contributed by atoms with Gasteiger partial charge in [0, 0.05) is 25.4 Å². The van der Waals surface area contributed by atoms with Gasteiger partial charge in [0.15, 0.2) is 0 Å². The van der Waals surface area contributed by atoms with Crippen molar-refractivity contribution in [3.05, 3.63) is 0 Å². The Morgan fingerprint density at radius 1 is 1.40 bits per heavy atom. The highest BCUT2D eigenvalue weighted by Gasteiger charge is 2.18. The van der Waals surface area contributed by atoms with Gasteiger partial charge in [-0.1, -0.05) is 0 Å². The van der Waals surface area contributed by atoms with Crippen LogP contribution in [0, 0.1) is 0 Å². The maximum Gasteiger partial charge on any atom is 0.0618 e. The first kappa shape index (κ1) is 13.3. The Kier molecular flexibility index (Phi) is 7.44. The fraction of sp³-hybridized carbons (Fsp3) is 1.00. The predicted octanol–water partition coefficient (Wildman–Crippen LogP) is 1.18. The van der Waals surface area contributed by atoms with E-state index >= 15 is 0 Å². The van der Waals surface area contributed by atoms with Gasteiger partial charge in [0.25, 0.3) is 0 Å². The highest BCUT2D eigenvalue weighted by molar-refractivity contribution is 7.99. The number of rotatable bonds is 6. The van der Waals surface area contributed by atoms with Crippen molar-refractivity contribution in [1.29, 1.82) is 0 Å². The van der Waals surface area contributed by atoms with E-state index in [1.165, 1.54) is 37.4 Å². The van der Waals surface area contributed by atoms with Crippen LogP contribution in [0.4, 0.5) is 0 Å². The molecule has 1 aliphatic heterocycles. The van der Waals surface area contributed by atoms with Crippen molar-refractivity contribution in [3.8, 4) is 0 Å². The van der Waals surface area contributed by atoms with Crippen LogP contribution in [-0.4, -0.2) is 55.8 Å². The molecule has 2 N–H and O–H groups in total. The lowest BCUT2D eigenvalue weighted by molar-refractivity contribution is 0.0889. The molecule has 0 spiro atoms. The first-order chi connectivity index (χ1) is 7.38. The van der Waals surface area contributed by atoms with Gasteiger partial charge in [-0.3, -0.25) is 4.90 Å². The van der Waals surface area contributed by atoms with Crippen LogP contribution in [0.3, 0.4) is 0 Å². The molecule has 0 aromatic heterocycles. The van der Waals surface area contributed by atoms with E-state index < -0.39 is 0 Å². The molecule has 15 heavy (non-hydrogen) atoms. The van der Waals surface area contributed by atoms with Gasteiger partial charge in [0.1, 0.15) is 0 Å². The largest absolute Gasteiger partial charge is 0.383 e. The zero-order valence-corrected chi connectivity index (χ0v) is 10.6. The highest BCUT2D eigenvalue weighted by Crippen LogP contribution is 2.15. The molecule has 1 fully saturated rings. The Bertz CT molecular complexity index is 150. The SMILES string of the molecule is COCC(CCCN)N1CCCSCC1. The fourth-order valence-corrected chi connectivity index (χ4v) is 2.95. The molecule has 1 aliphatic rings. The molecule has 1 atom stereocenters. The molecule has 3 nitrogen and oxygen atoms in total. The highest BCUT2D eigenvalue weighted by atomic mass is 32.2. The molecule has 0 amide bonds. The van der Waals surface area contributed by atoms with Crippen LogP contribution in [0.5, 0.6) is 0 Å². The van der Waals surface area contributed by atoms with Crippen molar-refractivity contribution >= 4 is 11.8 Å². The lowest BCUT2D eigenvalue weighted by Gasteiger charge is -2.29. The lowest BCUT2D eigenvalue weighted by atomic mass is 10.1. The molecule has 0 bridgehead atoms. The van der Waals surface area contributed by atoms with Crippen molar-refractivity contribution in [2.45, 2.75) is 25.3 Å². The van der Waals surface area contributed by atoms with Crippen molar-refractivity contribution in [2.24, 2.45) is 5.73 Å². The number of hydrogen-bond acceptors (Lipinski definition) is 4. The van der Waals surface area contributed by atoms with Gasteiger partial charge in [0.05, 0.1) is 6.61 Å². The van der Waals surface area contributed by atoms with Crippen LogP contribution in [0.25, 0.3) is 0 Å². The molecule has 0 radical (unpaired) electrons.